The fraction of sp³-hybridized carbons (Fsp3) is 0.828. The number of hydrogen-bond acceptors (Lipinski definition) is 3. The molecule has 7 nitrogen and oxygen atoms in total. The van der Waals surface area contributed by atoms with Crippen LogP contribution in [0.25, 0.3) is 0 Å². The minimum atomic E-state index is -1.19. The largest absolute Gasteiger partial charge is 0.477 e. The van der Waals surface area contributed by atoms with Crippen LogP contribution in [0.3, 0.4) is 0 Å². The molecule has 0 bridgehead atoms. The first-order chi connectivity index (χ1) is 17.3. The van der Waals surface area contributed by atoms with E-state index in [0.29, 0.717) is 6.42 Å². The van der Waals surface area contributed by atoms with E-state index in [1.165, 1.54) is 103 Å². The molecule has 0 atom stereocenters. The van der Waals surface area contributed by atoms with E-state index in [9.17, 15) is 14.4 Å². The molecule has 0 amide bonds. The van der Waals surface area contributed by atoms with Gasteiger partial charge in [0.2, 0.25) is 0 Å². The lowest BCUT2D eigenvalue weighted by molar-refractivity contribution is -0.907. The van der Waals surface area contributed by atoms with Gasteiger partial charge >= 0.3 is 17.9 Å². The lowest BCUT2D eigenvalue weighted by Crippen LogP contribution is -2.57. The normalized spacial score (nSPS) is 11.8. The molecule has 0 aliphatic carbocycles. The first-order valence-corrected chi connectivity index (χ1v) is 14.5. The molecule has 0 radical (unpaired) electrons. The van der Waals surface area contributed by atoms with E-state index >= 15 is 0 Å². The number of aliphatic carboxylic acids is 3. The Morgan fingerprint density at radius 3 is 1.14 bits per heavy atom. The van der Waals surface area contributed by atoms with Crippen LogP contribution in [0.1, 0.15) is 129 Å². The first kappa shape index (κ1) is 34.1. The van der Waals surface area contributed by atoms with Crippen molar-refractivity contribution in [3.8, 4) is 0 Å². The van der Waals surface area contributed by atoms with Crippen molar-refractivity contribution in [1.29, 1.82) is 0 Å². The molecular weight excluding hydrogens is 458 g/mol. The van der Waals surface area contributed by atoms with Crippen molar-refractivity contribution in [3.63, 3.8) is 0 Å². The molecule has 0 saturated heterocycles. The minimum Gasteiger partial charge on any atom is -0.477 e. The Bertz CT molecular complexity index is 564. The van der Waals surface area contributed by atoms with Gasteiger partial charge in [0.15, 0.2) is 19.6 Å². The zero-order valence-electron chi connectivity index (χ0n) is 22.9. The van der Waals surface area contributed by atoms with Crippen LogP contribution in [-0.4, -0.2) is 63.9 Å². The number of allylic oxidation sites excluding steroid dienone is 1. The molecule has 0 rings (SSSR count). The van der Waals surface area contributed by atoms with Crippen LogP contribution < -0.4 is 0 Å². The van der Waals surface area contributed by atoms with Gasteiger partial charge in [-0.2, -0.15) is 0 Å². The number of hydrogen-bond donors (Lipinski definition) is 3. The highest BCUT2D eigenvalue weighted by atomic mass is 16.4. The SMILES string of the molecule is CCCCCCCCCCCCCCCCCCC/C=C/CC[N+](CC(=O)O)(CC(=O)O)CC(=O)O. The van der Waals surface area contributed by atoms with Crippen LogP contribution >= 0.6 is 0 Å². The summed E-state index contributed by atoms with van der Waals surface area (Å²) in [6, 6.07) is 0. The summed E-state index contributed by atoms with van der Waals surface area (Å²) in [5.74, 6) is -3.57. The monoisotopic (exact) mass is 512 g/mol. The zero-order valence-corrected chi connectivity index (χ0v) is 22.9. The van der Waals surface area contributed by atoms with Gasteiger partial charge in [0, 0.05) is 6.42 Å². The van der Waals surface area contributed by atoms with Crippen molar-refractivity contribution >= 4 is 17.9 Å². The lowest BCUT2D eigenvalue weighted by atomic mass is 10.0. The molecule has 0 unspecified atom stereocenters. The van der Waals surface area contributed by atoms with Crippen molar-refractivity contribution in [3.05, 3.63) is 12.2 Å². The second kappa shape index (κ2) is 23.5. The summed E-state index contributed by atoms with van der Waals surface area (Å²) in [5.41, 5.74) is 0. The summed E-state index contributed by atoms with van der Waals surface area (Å²) in [5, 5.41) is 27.4. The third kappa shape index (κ3) is 22.6. The lowest BCUT2D eigenvalue weighted by Gasteiger charge is -2.33. The summed E-state index contributed by atoms with van der Waals surface area (Å²) in [6.07, 6.45) is 28.2. The van der Waals surface area contributed by atoms with Crippen LogP contribution in [0.5, 0.6) is 0 Å². The first-order valence-electron chi connectivity index (χ1n) is 14.5. The van der Waals surface area contributed by atoms with Gasteiger partial charge in [0.1, 0.15) is 0 Å². The number of carboxylic acids is 3. The van der Waals surface area contributed by atoms with E-state index < -0.39 is 42.0 Å². The average molecular weight is 513 g/mol. The smallest absolute Gasteiger partial charge is 0.359 e. The van der Waals surface area contributed by atoms with Gasteiger partial charge < -0.3 is 15.3 Å². The fourth-order valence-electron chi connectivity index (χ4n) is 4.84. The third-order valence-electron chi connectivity index (χ3n) is 6.82. The molecule has 0 aromatic carbocycles. The molecule has 210 valence electrons. The summed E-state index contributed by atoms with van der Waals surface area (Å²) < 4.78 is -0.483. The van der Waals surface area contributed by atoms with Gasteiger partial charge in [0.25, 0.3) is 0 Å². The maximum absolute atomic E-state index is 11.2. The Hall–Kier alpha value is -1.89. The highest BCUT2D eigenvalue weighted by Crippen LogP contribution is 2.15. The van der Waals surface area contributed by atoms with Gasteiger partial charge in [-0.1, -0.05) is 122 Å². The van der Waals surface area contributed by atoms with Crippen LogP contribution in [-0.2, 0) is 14.4 Å². The standard InChI is InChI=1S/C29H53NO6/c1-2-3-4-5-6-7-8-9-10-11-12-13-14-15-16-17-18-19-20-21-22-23-30(24-27(31)32,25-28(33)34)26-29(35)36/h20-21H,2-19,22-26H2,1H3,(H2-,31,32,33,34,35,36)/p+1/b21-20+. The molecule has 36 heavy (non-hydrogen) atoms. The summed E-state index contributed by atoms with van der Waals surface area (Å²) in [6.45, 7) is 0.923. The molecular formula is C29H54NO6+. The van der Waals surface area contributed by atoms with Crippen molar-refractivity contribution in [2.24, 2.45) is 0 Å². The zero-order chi connectivity index (χ0) is 26.9. The summed E-state index contributed by atoms with van der Waals surface area (Å²) in [7, 11) is 0. The van der Waals surface area contributed by atoms with Gasteiger partial charge in [-0.15, -0.1) is 0 Å². The Kier molecular flexibility index (Phi) is 22.3. The van der Waals surface area contributed by atoms with Crippen molar-refractivity contribution < 1.29 is 34.2 Å². The number of carbonyl (C=O) groups is 3. The van der Waals surface area contributed by atoms with E-state index in [1.54, 1.807) is 0 Å². The van der Waals surface area contributed by atoms with Crippen molar-refractivity contribution in [1.82, 2.24) is 0 Å². The average Bonchev–Trinajstić information content (AvgIpc) is 2.78. The number of rotatable bonds is 27. The quantitative estimate of drug-likeness (QED) is 0.0618. The maximum atomic E-state index is 11.2. The predicted molar refractivity (Wildman–Crippen MR) is 145 cm³/mol. The van der Waals surface area contributed by atoms with Gasteiger partial charge in [-0.25, -0.2) is 14.4 Å². The highest BCUT2D eigenvalue weighted by Gasteiger charge is 2.35. The topological polar surface area (TPSA) is 112 Å². The number of nitrogens with zero attached hydrogens (tertiary/aromatic N) is 1. The Morgan fingerprint density at radius 1 is 0.500 bits per heavy atom. The van der Waals surface area contributed by atoms with E-state index in [1.807, 2.05) is 12.2 Å². The molecule has 0 aliphatic heterocycles. The molecule has 0 aromatic heterocycles. The van der Waals surface area contributed by atoms with Crippen LogP contribution in [0, 0.1) is 0 Å². The Balaban J connectivity index is 3.72. The van der Waals surface area contributed by atoms with Crippen LogP contribution in [0.15, 0.2) is 12.2 Å². The second-order valence-electron chi connectivity index (χ2n) is 10.4. The maximum Gasteiger partial charge on any atom is 0.359 e. The van der Waals surface area contributed by atoms with E-state index in [0.717, 1.165) is 12.8 Å². The van der Waals surface area contributed by atoms with Crippen LogP contribution in [0.2, 0.25) is 0 Å². The molecule has 7 heteroatoms. The van der Waals surface area contributed by atoms with E-state index in [4.69, 9.17) is 15.3 Å². The highest BCUT2D eigenvalue weighted by molar-refractivity contribution is 5.73. The molecule has 3 N–H and O–H groups in total. The number of quaternary nitrogens is 1. The minimum absolute atomic E-state index is 0.181. The van der Waals surface area contributed by atoms with E-state index in [2.05, 4.69) is 6.92 Å². The summed E-state index contributed by atoms with van der Waals surface area (Å²) in [4.78, 5) is 33.5. The van der Waals surface area contributed by atoms with Crippen LogP contribution in [0.4, 0.5) is 0 Å². The third-order valence-corrected chi connectivity index (χ3v) is 6.82. The predicted octanol–water partition coefficient (Wildman–Crippen LogP) is 7.05. The van der Waals surface area contributed by atoms with Gasteiger partial charge in [-0.05, 0) is 12.8 Å². The Morgan fingerprint density at radius 2 is 0.806 bits per heavy atom. The van der Waals surface area contributed by atoms with E-state index in [-0.39, 0.29) is 6.54 Å². The molecule has 0 aliphatic rings. The molecule has 0 fully saturated rings. The van der Waals surface area contributed by atoms with Crippen molar-refractivity contribution in [2.75, 3.05) is 26.2 Å². The number of carboxylic acid groups (broad SMARTS) is 3. The molecule has 0 spiro atoms. The Labute approximate surface area is 219 Å². The number of unbranched alkanes of at least 4 members (excludes halogenated alkanes) is 17. The molecule has 0 saturated carbocycles. The fourth-order valence-corrected chi connectivity index (χ4v) is 4.84. The van der Waals surface area contributed by atoms with Gasteiger partial charge in [-0.3, -0.25) is 4.48 Å². The van der Waals surface area contributed by atoms with Crippen molar-refractivity contribution in [2.45, 2.75) is 129 Å². The van der Waals surface area contributed by atoms with Gasteiger partial charge in [0.05, 0.1) is 6.54 Å². The summed E-state index contributed by atoms with van der Waals surface area (Å²) >= 11 is 0. The second-order valence-corrected chi connectivity index (χ2v) is 10.4. The molecule has 0 aromatic rings. The molecule has 0 heterocycles.